The first-order chi connectivity index (χ1) is 15.7. The molecule has 0 saturated heterocycles. The third kappa shape index (κ3) is 7.79. The lowest BCUT2D eigenvalue weighted by molar-refractivity contribution is -0.122. The molecule has 7 heteroatoms. The van der Waals surface area contributed by atoms with Crippen LogP contribution in [0.5, 0.6) is 0 Å². The summed E-state index contributed by atoms with van der Waals surface area (Å²) in [4.78, 5) is 16.8. The summed E-state index contributed by atoms with van der Waals surface area (Å²) in [7, 11) is -3.42. The minimum atomic E-state index is -3.42. The van der Waals surface area contributed by atoms with Crippen LogP contribution in [0.4, 0.5) is 0 Å². The lowest BCUT2D eigenvalue weighted by Gasteiger charge is -2.37. The zero-order valence-electron chi connectivity index (χ0n) is 19.7. The third-order valence-corrected chi connectivity index (χ3v) is 7.77. The van der Waals surface area contributed by atoms with Gasteiger partial charge in [0.1, 0.15) is 0 Å². The zero-order chi connectivity index (χ0) is 23.8. The number of pyridine rings is 1. The molecule has 3 rings (SSSR count). The molecule has 2 N–H and O–H groups in total. The van der Waals surface area contributed by atoms with Gasteiger partial charge in [0.25, 0.3) is 0 Å². The maximum Gasteiger partial charge on any atom is 0.220 e. The highest BCUT2D eigenvalue weighted by Crippen LogP contribution is 2.38. The average molecular weight is 470 g/mol. The Hall–Kier alpha value is -2.51. The highest BCUT2D eigenvalue weighted by Gasteiger charge is 2.33. The van der Waals surface area contributed by atoms with Crippen LogP contribution in [0.25, 0.3) is 0 Å². The predicted octanol–water partition coefficient (Wildman–Crippen LogP) is 4.06. The van der Waals surface area contributed by atoms with Crippen molar-refractivity contribution in [1.82, 2.24) is 15.0 Å². The van der Waals surface area contributed by atoms with Crippen LogP contribution in [0.15, 0.2) is 66.4 Å². The fraction of sp³-hybridized carbons (Fsp3) is 0.462. The summed E-state index contributed by atoms with van der Waals surface area (Å²) in [6.45, 7) is 7.20. The molecule has 178 valence electrons. The van der Waals surface area contributed by atoms with Crippen molar-refractivity contribution in [3.8, 4) is 0 Å². The van der Waals surface area contributed by atoms with Gasteiger partial charge in [-0.15, -0.1) is 0 Å². The predicted molar refractivity (Wildman–Crippen MR) is 131 cm³/mol. The summed E-state index contributed by atoms with van der Waals surface area (Å²) in [6, 6.07) is 14.9. The quantitative estimate of drug-likeness (QED) is 0.514. The van der Waals surface area contributed by atoms with Crippen LogP contribution in [0, 0.1) is 23.7 Å². The molecule has 1 heterocycles. The molecule has 0 aliphatic heterocycles. The van der Waals surface area contributed by atoms with Gasteiger partial charge in [-0.05, 0) is 54.7 Å². The van der Waals surface area contributed by atoms with Crippen molar-refractivity contribution in [3.05, 3.63) is 77.6 Å². The number of benzene rings is 1. The molecule has 1 amide bonds. The Morgan fingerprint density at radius 1 is 1.12 bits per heavy atom. The maximum absolute atomic E-state index is 12.6. The Labute approximate surface area is 198 Å². The van der Waals surface area contributed by atoms with Crippen LogP contribution in [0.3, 0.4) is 0 Å². The van der Waals surface area contributed by atoms with Crippen LogP contribution in [0.2, 0.25) is 0 Å². The maximum atomic E-state index is 12.6. The van der Waals surface area contributed by atoms with Gasteiger partial charge in [0.15, 0.2) is 0 Å². The average Bonchev–Trinajstić information content (AvgIpc) is 2.78. The van der Waals surface area contributed by atoms with Gasteiger partial charge in [-0.25, -0.2) is 13.1 Å². The lowest BCUT2D eigenvalue weighted by atomic mass is 9.70. The van der Waals surface area contributed by atoms with E-state index < -0.39 is 10.0 Å². The van der Waals surface area contributed by atoms with E-state index in [1.165, 1.54) is 0 Å². The second-order valence-corrected chi connectivity index (χ2v) is 11.1. The molecule has 2 aromatic rings. The number of allylic oxidation sites excluding steroid dienone is 1. The summed E-state index contributed by atoms with van der Waals surface area (Å²) >= 11 is 0. The topological polar surface area (TPSA) is 88.2 Å². The monoisotopic (exact) mass is 469 g/mol. The molecule has 3 atom stereocenters. The van der Waals surface area contributed by atoms with Gasteiger partial charge < -0.3 is 5.32 Å². The van der Waals surface area contributed by atoms with E-state index in [4.69, 9.17) is 0 Å². The van der Waals surface area contributed by atoms with Gasteiger partial charge in [-0.1, -0.05) is 61.9 Å². The third-order valence-electron chi connectivity index (χ3n) is 6.45. The van der Waals surface area contributed by atoms with E-state index in [0.717, 1.165) is 23.3 Å². The van der Waals surface area contributed by atoms with Gasteiger partial charge >= 0.3 is 0 Å². The van der Waals surface area contributed by atoms with E-state index >= 15 is 0 Å². The number of carbonyl (C=O) groups excluding carboxylic acids is 1. The first kappa shape index (κ1) is 25.1. The van der Waals surface area contributed by atoms with Gasteiger partial charge in [0, 0.05) is 19.2 Å². The van der Waals surface area contributed by atoms with E-state index in [-0.39, 0.29) is 23.5 Å². The van der Waals surface area contributed by atoms with Crippen molar-refractivity contribution in [3.63, 3.8) is 0 Å². The fourth-order valence-corrected chi connectivity index (χ4v) is 5.74. The molecule has 0 spiro atoms. The minimum absolute atomic E-state index is 0.0166. The van der Waals surface area contributed by atoms with Gasteiger partial charge in [0.2, 0.25) is 15.9 Å². The molecule has 6 nitrogen and oxygen atoms in total. The smallest absolute Gasteiger partial charge is 0.220 e. The molecule has 1 aromatic carbocycles. The second-order valence-electron chi connectivity index (χ2n) is 9.31. The van der Waals surface area contributed by atoms with Crippen LogP contribution in [0.1, 0.15) is 44.9 Å². The number of amides is 1. The Kier molecular flexibility index (Phi) is 8.80. The summed E-state index contributed by atoms with van der Waals surface area (Å²) in [5.41, 5.74) is 2.77. The number of sulfonamides is 1. The molecule has 0 bridgehead atoms. The number of hydrogen-bond acceptors (Lipinski definition) is 4. The molecule has 1 aliphatic rings. The number of hydrogen-bond donors (Lipinski definition) is 2. The van der Waals surface area contributed by atoms with E-state index in [9.17, 15) is 13.2 Å². The standard InChI is InChI=1S/C26H35N3O3S/c1-19(2)25-14-22(15-26(30)28-17-24-11-7-8-12-27-24)20(3)13-23(25)16-29-33(31,32)18-21-9-5-4-6-10-21/h4-13,19,22-23,25,29H,14-18H2,1-3H3,(H,28,30). The van der Waals surface area contributed by atoms with E-state index in [1.807, 2.05) is 48.5 Å². The number of rotatable bonds is 10. The molecule has 0 fully saturated rings. The van der Waals surface area contributed by atoms with Crippen molar-refractivity contribution < 1.29 is 13.2 Å². The number of aromatic nitrogens is 1. The molecule has 3 unspecified atom stereocenters. The van der Waals surface area contributed by atoms with E-state index in [0.29, 0.717) is 31.3 Å². The van der Waals surface area contributed by atoms with Crippen molar-refractivity contribution in [2.75, 3.05) is 6.54 Å². The molecule has 1 aliphatic carbocycles. The summed E-state index contributed by atoms with van der Waals surface area (Å²) in [5.74, 6) is 0.970. The molecule has 1 aromatic heterocycles. The zero-order valence-corrected chi connectivity index (χ0v) is 20.5. The van der Waals surface area contributed by atoms with Gasteiger partial charge in [-0.2, -0.15) is 0 Å². The molecule has 33 heavy (non-hydrogen) atoms. The van der Waals surface area contributed by atoms with Gasteiger partial charge in [-0.3, -0.25) is 9.78 Å². The number of carbonyl (C=O) groups is 1. The first-order valence-corrected chi connectivity index (χ1v) is 13.2. The van der Waals surface area contributed by atoms with Crippen molar-refractivity contribution in [2.24, 2.45) is 23.7 Å². The Balaban J connectivity index is 1.58. The molecular formula is C26H35N3O3S. The highest BCUT2D eigenvalue weighted by atomic mass is 32.2. The Morgan fingerprint density at radius 3 is 2.52 bits per heavy atom. The van der Waals surface area contributed by atoms with Crippen LogP contribution in [-0.2, 0) is 27.1 Å². The molecule has 0 saturated carbocycles. The largest absolute Gasteiger partial charge is 0.350 e. The SMILES string of the molecule is CC1=CC(CNS(=O)(=O)Cc2ccccc2)C(C(C)C)CC1CC(=O)NCc1ccccn1. The summed E-state index contributed by atoms with van der Waals surface area (Å²) in [5, 5.41) is 2.97. The number of nitrogens with zero attached hydrogens (tertiary/aromatic N) is 1. The lowest BCUT2D eigenvalue weighted by Crippen LogP contribution is -2.38. The van der Waals surface area contributed by atoms with E-state index in [1.54, 1.807) is 6.20 Å². The van der Waals surface area contributed by atoms with E-state index in [2.05, 4.69) is 41.9 Å². The summed E-state index contributed by atoms with van der Waals surface area (Å²) < 4.78 is 28.0. The Morgan fingerprint density at radius 2 is 1.85 bits per heavy atom. The highest BCUT2D eigenvalue weighted by molar-refractivity contribution is 7.88. The fourth-order valence-electron chi connectivity index (χ4n) is 4.56. The van der Waals surface area contributed by atoms with Crippen LogP contribution in [-0.4, -0.2) is 25.9 Å². The molecular weight excluding hydrogens is 434 g/mol. The van der Waals surface area contributed by atoms with Crippen LogP contribution < -0.4 is 10.0 Å². The minimum Gasteiger partial charge on any atom is -0.350 e. The van der Waals surface area contributed by atoms with Crippen molar-refractivity contribution >= 4 is 15.9 Å². The first-order valence-electron chi connectivity index (χ1n) is 11.6. The Bertz CT molecular complexity index is 1040. The van der Waals surface area contributed by atoms with Gasteiger partial charge in [0.05, 0.1) is 18.0 Å². The normalized spacial score (nSPS) is 21.0. The van der Waals surface area contributed by atoms with Crippen molar-refractivity contribution in [1.29, 1.82) is 0 Å². The summed E-state index contributed by atoms with van der Waals surface area (Å²) in [6.07, 6.45) is 5.21. The molecule has 0 radical (unpaired) electrons. The van der Waals surface area contributed by atoms with Crippen LogP contribution >= 0.6 is 0 Å². The van der Waals surface area contributed by atoms with Crippen molar-refractivity contribution in [2.45, 2.75) is 45.9 Å². The second kappa shape index (κ2) is 11.6. The number of nitrogens with one attached hydrogen (secondary N) is 2.